The molecular formula is C14H22ClN3O. The minimum Gasteiger partial charge on any atom is -0.478 e. The van der Waals surface area contributed by atoms with Crippen molar-refractivity contribution in [2.75, 3.05) is 17.8 Å². The van der Waals surface area contributed by atoms with Crippen LogP contribution in [0.15, 0.2) is 12.4 Å². The molecule has 19 heavy (non-hydrogen) atoms. The number of halogens is 1. The third-order valence-corrected chi connectivity index (χ3v) is 4.07. The number of aromatic nitrogens is 2. The molecule has 0 bridgehead atoms. The van der Waals surface area contributed by atoms with Crippen LogP contribution >= 0.6 is 11.6 Å². The number of alkyl halides is 1. The Morgan fingerprint density at radius 2 is 2.11 bits per heavy atom. The normalized spacial score (nSPS) is 18.0. The van der Waals surface area contributed by atoms with Gasteiger partial charge in [-0.25, -0.2) is 9.97 Å². The highest BCUT2D eigenvalue weighted by Gasteiger charge is 2.31. The lowest BCUT2D eigenvalue weighted by atomic mass is 9.83. The van der Waals surface area contributed by atoms with E-state index in [2.05, 4.69) is 22.2 Å². The molecule has 1 aromatic heterocycles. The summed E-state index contributed by atoms with van der Waals surface area (Å²) >= 11 is 6.17. The van der Waals surface area contributed by atoms with Gasteiger partial charge < -0.3 is 10.1 Å². The first-order valence-electron chi connectivity index (χ1n) is 7.07. The predicted octanol–water partition coefficient (Wildman–Crippen LogP) is 3.62. The third kappa shape index (κ3) is 3.96. The Kier molecular flexibility index (Phi) is 5.25. The summed E-state index contributed by atoms with van der Waals surface area (Å²) in [5.41, 5.74) is -0.0177. The highest BCUT2D eigenvalue weighted by Crippen LogP contribution is 2.32. The Balaban J connectivity index is 2.04. The van der Waals surface area contributed by atoms with E-state index < -0.39 is 0 Å². The minimum atomic E-state index is -0.0177. The molecule has 0 amide bonds. The first-order chi connectivity index (χ1) is 9.28. The molecule has 0 unspecified atom stereocenters. The van der Waals surface area contributed by atoms with Crippen LogP contribution in [0.5, 0.6) is 5.88 Å². The van der Waals surface area contributed by atoms with E-state index in [-0.39, 0.29) is 5.54 Å². The quantitative estimate of drug-likeness (QED) is 0.810. The monoisotopic (exact) mass is 283 g/mol. The number of hydrogen-bond donors (Lipinski definition) is 1. The van der Waals surface area contributed by atoms with Crippen molar-refractivity contribution in [1.82, 2.24) is 9.97 Å². The van der Waals surface area contributed by atoms with Crippen molar-refractivity contribution in [3.8, 4) is 5.88 Å². The zero-order valence-electron chi connectivity index (χ0n) is 11.5. The fourth-order valence-electron chi connectivity index (χ4n) is 2.49. The van der Waals surface area contributed by atoms with Gasteiger partial charge >= 0.3 is 0 Å². The van der Waals surface area contributed by atoms with Crippen LogP contribution in [0, 0.1) is 0 Å². The lowest BCUT2D eigenvalue weighted by Gasteiger charge is -2.36. The van der Waals surface area contributed by atoms with Gasteiger partial charge in [-0.3, -0.25) is 0 Å². The summed E-state index contributed by atoms with van der Waals surface area (Å²) in [5, 5.41) is 3.50. The van der Waals surface area contributed by atoms with Crippen molar-refractivity contribution in [3.63, 3.8) is 0 Å². The maximum Gasteiger partial charge on any atom is 0.218 e. The molecule has 0 saturated heterocycles. The summed E-state index contributed by atoms with van der Waals surface area (Å²) in [6, 6.07) is 1.86. The molecule has 0 radical (unpaired) electrons. The van der Waals surface area contributed by atoms with Gasteiger partial charge in [0.2, 0.25) is 5.88 Å². The highest BCUT2D eigenvalue weighted by atomic mass is 35.5. The van der Waals surface area contributed by atoms with Gasteiger partial charge in [-0.05, 0) is 19.3 Å². The molecule has 1 aliphatic rings. The van der Waals surface area contributed by atoms with E-state index in [4.69, 9.17) is 16.3 Å². The Morgan fingerprint density at radius 1 is 1.32 bits per heavy atom. The average Bonchev–Trinajstić information content (AvgIpc) is 2.46. The van der Waals surface area contributed by atoms with E-state index in [1.807, 2.05) is 6.07 Å². The van der Waals surface area contributed by atoms with Gasteiger partial charge in [0.1, 0.15) is 12.1 Å². The van der Waals surface area contributed by atoms with Gasteiger partial charge in [-0.1, -0.05) is 26.2 Å². The van der Waals surface area contributed by atoms with Gasteiger partial charge in [0.25, 0.3) is 0 Å². The Labute approximate surface area is 119 Å². The zero-order valence-corrected chi connectivity index (χ0v) is 12.2. The second-order valence-corrected chi connectivity index (χ2v) is 5.46. The lowest BCUT2D eigenvalue weighted by molar-refractivity contribution is 0.304. The van der Waals surface area contributed by atoms with E-state index in [0.717, 1.165) is 25.1 Å². The summed E-state index contributed by atoms with van der Waals surface area (Å²) in [6.45, 7) is 2.75. The topological polar surface area (TPSA) is 47.0 Å². The van der Waals surface area contributed by atoms with Crippen molar-refractivity contribution in [2.24, 2.45) is 0 Å². The van der Waals surface area contributed by atoms with E-state index in [9.17, 15) is 0 Å². The number of nitrogens with zero attached hydrogens (tertiary/aromatic N) is 2. The molecule has 0 spiro atoms. The molecular weight excluding hydrogens is 262 g/mol. The molecule has 4 nitrogen and oxygen atoms in total. The summed E-state index contributed by atoms with van der Waals surface area (Å²) in [7, 11) is 0. The number of hydrogen-bond acceptors (Lipinski definition) is 4. The molecule has 106 valence electrons. The van der Waals surface area contributed by atoms with Gasteiger partial charge in [-0.2, -0.15) is 0 Å². The largest absolute Gasteiger partial charge is 0.478 e. The van der Waals surface area contributed by atoms with Crippen molar-refractivity contribution in [2.45, 2.75) is 51.0 Å². The molecule has 1 aliphatic carbocycles. The molecule has 1 N–H and O–H groups in total. The third-order valence-electron chi connectivity index (χ3n) is 3.56. The van der Waals surface area contributed by atoms with Crippen molar-refractivity contribution >= 4 is 17.4 Å². The molecule has 1 fully saturated rings. The Hall–Kier alpha value is -1.03. The molecule has 1 aromatic rings. The SMILES string of the molecule is CCCOc1cc(NC2(CCl)CCCCC2)ncn1. The lowest BCUT2D eigenvalue weighted by Crippen LogP contribution is -2.42. The summed E-state index contributed by atoms with van der Waals surface area (Å²) in [4.78, 5) is 8.39. The number of nitrogens with one attached hydrogen (secondary N) is 1. The van der Waals surface area contributed by atoms with E-state index in [1.54, 1.807) is 0 Å². The zero-order chi connectivity index (χ0) is 13.6. The fourth-order valence-corrected chi connectivity index (χ4v) is 2.82. The van der Waals surface area contributed by atoms with Crippen LogP contribution in [0.3, 0.4) is 0 Å². The molecule has 2 rings (SSSR count). The maximum absolute atomic E-state index is 6.17. The van der Waals surface area contributed by atoms with Crippen LogP contribution in [-0.2, 0) is 0 Å². The van der Waals surface area contributed by atoms with Crippen LogP contribution in [0.4, 0.5) is 5.82 Å². The molecule has 0 aromatic carbocycles. The number of ether oxygens (including phenoxy) is 1. The standard InChI is InChI=1S/C14H22ClN3O/c1-2-8-19-13-9-12(16-11-17-13)18-14(10-15)6-4-3-5-7-14/h9,11H,2-8,10H2,1H3,(H,16,17,18). The second-order valence-electron chi connectivity index (χ2n) is 5.19. The summed E-state index contributed by atoms with van der Waals surface area (Å²) < 4.78 is 5.53. The molecule has 5 heteroatoms. The highest BCUT2D eigenvalue weighted by molar-refractivity contribution is 6.18. The summed E-state index contributed by atoms with van der Waals surface area (Å²) in [5.74, 6) is 2.05. The molecule has 1 heterocycles. The maximum atomic E-state index is 6.17. The Morgan fingerprint density at radius 3 is 2.79 bits per heavy atom. The number of rotatable bonds is 6. The fraction of sp³-hybridized carbons (Fsp3) is 0.714. The smallest absolute Gasteiger partial charge is 0.218 e. The van der Waals surface area contributed by atoms with E-state index in [1.165, 1.54) is 25.6 Å². The molecule has 0 atom stereocenters. The van der Waals surface area contributed by atoms with E-state index >= 15 is 0 Å². The van der Waals surface area contributed by atoms with Gasteiger partial charge in [0, 0.05) is 11.9 Å². The van der Waals surface area contributed by atoms with Crippen molar-refractivity contribution in [3.05, 3.63) is 12.4 Å². The molecule has 1 saturated carbocycles. The second kappa shape index (κ2) is 6.94. The van der Waals surface area contributed by atoms with Gasteiger partial charge in [0.15, 0.2) is 0 Å². The van der Waals surface area contributed by atoms with Crippen LogP contribution in [0.1, 0.15) is 45.4 Å². The van der Waals surface area contributed by atoms with Crippen molar-refractivity contribution in [1.29, 1.82) is 0 Å². The Bertz CT molecular complexity index is 394. The minimum absolute atomic E-state index is 0.0177. The average molecular weight is 284 g/mol. The van der Waals surface area contributed by atoms with E-state index in [0.29, 0.717) is 18.4 Å². The van der Waals surface area contributed by atoms with Gasteiger partial charge in [0.05, 0.1) is 12.1 Å². The first-order valence-corrected chi connectivity index (χ1v) is 7.60. The summed E-state index contributed by atoms with van der Waals surface area (Å²) in [6.07, 6.45) is 8.47. The predicted molar refractivity (Wildman–Crippen MR) is 78.0 cm³/mol. The van der Waals surface area contributed by atoms with Crippen molar-refractivity contribution < 1.29 is 4.74 Å². The van der Waals surface area contributed by atoms with Crippen LogP contribution in [0.25, 0.3) is 0 Å². The van der Waals surface area contributed by atoms with Crippen LogP contribution < -0.4 is 10.1 Å². The first kappa shape index (κ1) is 14.4. The van der Waals surface area contributed by atoms with Gasteiger partial charge in [-0.15, -0.1) is 11.6 Å². The van der Waals surface area contributed by atoms with Crippen LogP contribution in [0.2, 0.25) is 0 Å². The number of anilines is 1. The van der Waals surface area contributed by atoms with Crippen LogP contribution in [-0.4, -0.2) is 28.0 Å². The molecule has 0 aliphatic heterocycles.